The first-order valence-electron chi connectivity index (χ1n) is 7.87. The van der Waals surface area contributed by atoms with Crippen LogP contribution in [0.2, 0.25) is 0 Å². The SMILES string of the molecule is CC1CCC(C(=O)O)CN1C(=O)c1ccc(-n2cc[nH]c2=O)cc1. The minimum atomic E-state index is -0.859. The monoisotopic (exact) mass is 329 g/mol. The first-order chi connectivity index (χ1) is 11.5. The number of hydrogen-bond acceptors (Lipinski definition) is 3. The second kappa shape index (κ2) is 6.35. The molecule has 0 bridgehead atoms. The Hall–Kier alpha value is -2.83. The summed E-state index contributed by atoms with van der Waals surface area (Å²) in [4.78, 5) is 39.7. The second-order valence-corrected chi connectivity index (χ2v) is 6.10. The lowest BCUT2D eigenvalue weighted by molar-refractivity contribution is -0.143. The molecular formula is C17H19N3O4. The number of amides is 1. The zero-order chi connectivity index (χ0) is 17.3. The molecule has 7 nitrogen and oxygen atoms in total. The Morgan fingerprint density at radius 2 is 1.92 bits per heavy atom. The average Bonchev–Trinajstić information content (AvgIpc) is 3.00. The Balaban J connectivity index is 1.80. The molecule has 1 aliphatic rings. The number of H-pyrrole nitrogens is 1. The molecule has 2 unspecified atom stereocenters. The topological polar surface area (TPSA) is 95.4 Å². The van der Waals surface area contributed by atoms with Crippen LogP contribution >= 0.6 is 0 Å². The molecule has 1 saturated heterocycles. The number of piperidine rings is 1. The van der Waals surface area contributed by atoms with Crippen molar-refractivity contribution >= 4 is 11.9 Å². The lowest BCUT2D eigenvalue weighted by Crippen LogP contribution is -2.47. The molecule has 3 rings (SSSR count). The van der Waals surface area contributed by atoms with Gasteiger partial charge in [0.15, 0.2) is 0 Å². The molecule has 2 heterocycles. The van der Waals surface area contributed by atoms with Crippen LogP contribution in [0.25, 0.3) is 5.69 Å². The molecule has 126 valence electrons. The van der Waals surface area contributed by atoms with Crippen molar-refractivity contribution in [3.05, 3.63) is 52.7 Å². The van der Waals surface area contributed by atoms with Crippen molar-refractivity contribution in [2.45, 2.75) is 25.8 Å². The largest absolute Gasteiger partial charge is 0.481 e. The molecule has 1 aliphatic heterocycles. The van der Waals surface area contributed by atoms with Gasteiger partial charge in [-0.15, -0.1) is 0 Å². The Labute approximate surface area is 138 Å². The maximum atomic E-state index is 12.7. The fraction of sp³-hybridized carbons (Fsp3) is 0.353. The molecule has 2 N–H and O–H groups in total. The number of imidazole rings is 1. The number of nitrogens with one attached hydrogen (secondary N) is 1. The number of hydrogen-bond donors (Lipinski definition) is 2. The van der Waals surface area contributed by atoms with Crippen LogP contribution in [0.1, 0.15) is 30.1 Å². The number of rotatable bonds is 3. The standard InChI is InChI=1S/C17H19N3O4/c1-11-2-3-13(16(22)23)10-20(11)15(21)12-4-6-14(7-5-12)19-9-8-18-17(19)24/h4-9,11,13H,2-3,10H2,1H3,(H,18,24)(H,22,23). The van der Waals surface area contributed by atoms with Crippen LogP contribution in [0.4, 0.5) is 0 Å². The maximum Gasteiger partial charge on any atom is 0.330 e. The van der Waals surface area contributed by atoms with Gasteiger partial charge in [0.05, 0.1) is 11.6 Å². The highest BCUT2D eigenvalue weighted by Crippen LogP contribution is 2.24. The van der Waals surface area contributed by atoms with Crippen LogP contribution in [-0.2, 0) is 4.79 Å². The van der Waals surface area contributed by atoms with Gasteiger partial charge in [-0.2, -0.15) is 0 Å². The number of likely N-dealkylation sites (tertiary alicyclic amines) is 1. The van der Waals surface area contributed by atoms with E-state index in [9.17, 15) is 19.5 Å². The average molecular weight is 329 g/mol. The van der Waals surface area contributed by atoms with Gasteiger partial charge >= 0.3 is 11.7 Å². The van der Waals surface area contributed by atoms with Gasteiger partial charge in [-0.05, 0) is 44.0 Å². The van der Waals surface area contributed by atoms with Crippen LogP contribution in [0.15, 0.2) is 41.5 Å². The van der Waals surface area contributed by atoms with E-state index in [0.717, 1.165) is 0 Å². The molecular weight excluding hydrogens is 310 g/mol. The van der Waals surface area contributed by atoms with Gasteiger partial charge in [-0.25, -0.2) is 4.79 Å². The number of aromatic amines is 1. The van der Waals surface area contributed by atoms with E-state index in [0.29, 0.717) is 24.1 Å². The summed E-state index contributed by atoms with van der Waals surface area (Å²) in [7, 11) is 0. The summed E-state index contributed by atoms with van der Waals surface area (Å²) >= 11 is 0. The molecule has 1 aromatic heterocycles. The van der Waals surface area contributed by atoms with Crippen molar-refractivity contribution in [3.8, 4) is 5.69 Å². The lowest BCUT2D eigenvalue weighted by atomic mass is 9.93. The third-order valence-corrected chi connectivity index (χ3v) is 4.53. The molecule has 1 aromatic carbocycles. The number of nitrogens with zero attached hydrogens (tertiary/aromatic N) is 2. The molecule has 1 amide bonds. The number of benzene rings is 1. The highest BCUT2D eigenvalue weighted by molar-refractivity contribution is 5.95. The molecule has 1 fully saturated rings. The number of carboxylic acids is 1. The van der Waals surface area contributed by atoms with Gasteiger partial charge in [0.1, 0.15) is 0 Å². The third kappa shape index (κ3) is 2.97. The zero-order valence-corrected chi connectivity index (χ0v) is 13.3. The van der Waals surface area contributed by atoms with Crippen LogP contribution in [0.5, 0.6) is 0 Å². The van der Waals surface area contributed by atoms with E-state index >= 15 is 0 Å². The Bertz CT molecular complexity index is 806. The third-order valence-electron chi connectivity index (χ3n) is 4.53. The van der Waals surface area contributed by atoms with Gasteiger partial charge in [0, 0.05) is 30.5 Å². The van der Waals surface area contributed by atoms with Crippen LogP contribution in [0.3, 0.4) is 0 Å². The van der Waals surface area contributed by atoms with Crippen molar-refractivity contribution in [2.75, 3.05) is 6.54 Å². The molecule has 7 heteroatoms. The van der Waals surface area contributed by atoms with Gasteiger partial charge in [-0.1, -0.05) is 0 Å². The maximum absolute atomic E-state index is 12.7. The van der Waals surface area contributed by atoms with E-state index < -0.39 is 11.9 Å². The molecule has 0 spiro atoms. The lowest BCUT2D eigenvalue weighted by Gasteiger charge is -2.36. The smallest absolute Gasteiger partial charge is 0.330 e. The summed E-state index contributed by atoms with van der Waals surface area (Å²) in [5, 5.41) is 9.19. The highest BCUT2D eigenvalue weighted by atomic mass is 16.4. The molecule has 2 aromatic rings. The summed E-state index contributed by atoms with van der Waals surface area (Å²) in [5.41, 5.74) is 0.899. The van der Waals surface area contributed by atoms with Crippen molar-refractivity contribution < 1.29 is 14.7 Å². The number of carbonyl (C=O) groups is 2. The fourth-order valence-electron chi connectivity index (χ4n) is 3.05. The molecule has 0 aliphatic carbocycles. The first kappa shape index (κ1) is 16.0. The van der Waals surface area contributed by atoms with Gasteiger partial charge in [0.2, 0.25) is 0 Å². The van der Waals surface area contributed by atoms with Gasteiger partial charge in [0.25, 0.3) is 5.91 Å². The Morgan fingerprint density at radius 3 is 2.50 bits per heavy atom. The quantitative estimate of drug-likeness (QED) is 0.892. The molecule has 0 saturated carbocycles. The van der Waals surface area contributed by atoms with E-state index in [-0.39, 0.29) is 24.2 Å². The van der Waals surface area contributed by atoms with Crippen molar-refractivity contribution in [1.82, 2.24) is 14.5 Å². The Morgan fingerprint density at radius 1 is 1.21 bits per heavy atom. The Kier molecular flexibility index (Phi) is 4.24. The second-order valence-electron chi connectivity index (χ2n) is 6.10. The van der Waals surface area contributed by atoms with E-state index in [2.05, 4.69) is 4.98 Å². The van der Waals surface area contributed by atoms with Crippen molar-refractivity contribution in [1.29, 1.82) is 0 Å². The van der Waals surface area contributed by atoms with Crippen molar-refractivity contribution in [2.24, 2.45) is 5.92 Å². The summed E-state index contributed by atoms with van der Waals surface area (Å²) in [6, 6.07) is 6.74. The molecule has 24 heavy (non-hydrogen) atoms. The van der Waals surface area contributed by atoms with Crippen LogP contribution < -0.4 is 5.69 Å². The number of carboxylic acid groups (broad SMARTS) is 1. The van der Waals surface area contributed by atoms with E-state index in [1.54, 1.807) is 41.6 Å². The summed E-state index contributed by atoms with van der Waals surface area (Å²) in [6.45, 7) is 2.16. The summed E-state index contributed by atoms with van der Waals surface area (Å²) in [6.07, 6.45) is 4.43. The number of aromatic nitrogens is 2. The predicted octanol–water partition coefficient (Wildman–Crippen LogP) is 1.49. The van der Waals surface area contributed by atoms with E-state index in [1.807, 2.05) is 6.92 Å². The van der Waals surface area contributed by atoms with E-state index in [4.69, 9.17) is 0 Å². The van der Waals surface area contributed by atoms with Crippen LogP contribution in [-0.4, -0.2) is 44.0 Å². The normalized spacial score (nSPS) is 20.8. The van der Waals surface area contributed by atoms with Crippen LogP contribution in [0, 0.1) is 5.92 Å². The van der Waals surface area contributed by atoms with Gasteiger partial charge < -0.3 is 15.0 Å². The summed E-state index contributed by atoms with van der Waals surface area (Å²) < 4.78 is 1.44. The van der Waals surface area contributed by atoms with E-state index in [1.165, 1.54) is 4.57 Å². The van der Waals surface area contributed by atoms with Gasteiger partial charge in [-0.3, -0.25) is 14.2 Å². The number of carbonyl (C=O) groups excluding carboxylic acids is 1. The zero-order valence-electron chi connectivity index (χ0n) is 13.3. The minimum Gasteiger partial charge on any atom is -0.481 e. The highest BCUT2D eigenvalue weighted by Gasteiger charge is 2.32. The fourth-order valence-corrected chi connectivity index (χ4v) is 3.05. The molecule has 2 atom stereocenters. The minimum absolute atomic E-state index is 0.0140. The number of aliphatic carboxylic acids is 1. The molecule has 0 radical (unpaired) electrons. The summed E-state index contributed by atoms with van der Waals surface area (Å²) in [5.74, 6) is -1.55. The van der Waals surface area contributed by atoms with Crippen molar-refractivity contribution in [3.63, 3.8) is 0 Å². The predicted molar refractivity (Wildman–Crippen MR) is 87.2 cm³/mol. The first-order valence-corrected chi connectivity index (χ1v) is 7.87.